The van der Waals surface area contributed by atoms with Crippen molar-refractivity contribution < 1.29 is 0 Å². The van der Waals surface area contributed by atoms with E-state index in [0.717, 1.165) is 49.4 Å². The Kier molecular flexibility index (Phi) is 8.14. The van der Waals surface area contributed by atoms with Gasteiger partial charge in [0, 0.05) is 37.0 Å². The zero-order valence-electron chi connectivity index (χ0n) is 17.2. The topological polar surface area (TPSA) is 95.3 Å². The molecule has 1 saturated heterocycles. The van der Waals surface area contributed by atoms with Gasteiger partial charge in [-0.1, -0.05) is 24.9 Å². The number of rotatable bonds is 7. The lowest BCUT2D eigenvalue weighted by molar-refractivity contribution is 0.111. The number of nitrogens with one attached hydrogen (secondary N) is 1. The zero-order chi connectivity index (χ0) is 20.7. The molecule has 1 atom stereocenters. The Morgan fingerprint density at radius 1 is 1.21 bits per heavy atom. The Bertz CT molecular complexity index is 731. The average Bonchev–Trinajstić information content (AvgIpc) is 2.66. The van der Waals surface area contributed by atoms with E-state index in [0.29, 0.717) is 17.7 Å². The molecule has 0 aliphatic carbocycles. The summed E-state index contributed by atoms with van der Waals surface area (Å²) in [5.74, 6) is 0.924. The van der Waals surface area contributed by atoms with Gasteiger partial charge < -0.3 is 16.4 Å². The van der Waals surface area contributed by atoms with Crippen molar-refractivity contribution in [2.24, 2.45) is 21.6 Å². The van der Waals surface area contributed by atoms with E-state index in [9.17, 15) is 0 Å². The standard InChI is InChI=1S/C20H32ClN7/c1-5-6-17-13-28(12-11-27(17)4)20(18(21)22)24-19(23)15-7-9-16(10-8-15)26-25-14(2)3/h7-10,17,26H,5-6,11-13,22H2,1-4H3,(H2,23,24)/b20-18+. The third kappa shape index (κ3) is 6.14. The van der Waals surface area contributed by atoms with Crippen LogP contribution in [-0.2, 0) is 0 Å². The van der Waals surface area contributed by atoms with Crippen LogP contribution in [0.2, 0.25) is 0 Å². The molecule has 1 aromatic carbocycles. The van der Waals surface area contributed by atoms with Crippen LogP contribution in [0.25, 0.3) is 0 Å². The first-order chi connectivity index (χ1) is 13.3. The van der Waals surface area contributed by atoms with Crippen LogP contribution in [0.5, 0.6) is 0 Å². The van der Waals surface area contributed by atoms with E-state index in [-0.39, 0.29) is 5.16 Å². The van der Waals surface area contributed by atoms with Crippen molar-refractivity contribution in [3.05, 3.63) is 40.8 Å². The van der Waals surface area contributed by atoms with Crippen LogP contribution < -0.4 is 16.9 Å². The highest BCUT2D eigenvalue weighted by molar-refractivity contribution is 6.29. The largest absolute Gasteiger partial charge is 0.386 e. The third-order valence-electron chi connectivity index (χ3n) is 4.73. The quantitative estimate of drug-likeness (QED) is 0.280. The van der Waals surface area contributed by atoms with Crippen molar-refractivity contribution >= 4 is 28.8 Å². The van der Waals surface area contributed by atoms with Crippen LogP contribution in [0.1, 0.15) is 39.2 Å². The van der Waals surface area contributed by atoms with Crippen molar-refractivity contribution in [3.8, 4) is 0 Å². The molecule has 1 heterocycles. The molecule has 0 bridgehead atoms. The van der Waals surface area contributed by atoms with E-state index in [1.54, 1.807) is 0 Å². The maximum Gasteiger partial charge on any atom is 0.166 e. The molecule has 8 heteroatoms. The van der Waals surface area contributed by atoms with Gasteiger partial charge in [0.15, 0.2) is 5.82 Å². The average molecular weight is 406 g/mol. The van der Waals surface area contributed by atoms with Crippen LogP contribution in [0.15, 0.2) is 45.3 Å². The summed E-state index contributed by atoms with van der Waals surface area (Å²) in [6.07, 6.45) is 2.25. The maximum atomic E-state index is 6.25. The fourth-order valence-electron chi connectivity index (χ4n) is 3.13. The van der Waals surface area contributed by atoms with Crippen molar-refractivity contribution in [1.82, 2.24) is 9.80 Å². The van der Waals surface area contributed by atoms with E-state index in [2.05, 4.69) is 39.3 Å². The number of amidine groups is 1. The lowest BCUT2D eigenvalue weighted by Crippen LogP contribution is -2.51. The zero-order valence-corrected chi connectivity index (χ0v) is 18.0. The number of halogens is 1. The van der Waals surface area contributed by atoms with E-state index < -0.39 is 0 Å². The Morgan fingerprint density at radius 2 is 1.89 bits per heavy atom. The molecule has 2 rings (SSSR count). The fourth-order valence-corrected chi connectivity index (χ4v) is 3.29. The minimum absolute atomic E-state index is 0.161. The first kappa shape index (κ1) is 22.0. The first-order valence-electron chi connectivity index (χ1n) is 9.63. The molecular formula is C20H32ClN7. The monoisotopic (exact) mass is 405 g/mol. The van der Waals surface area contributed by atoms with Gasteiger partial charge in [0.25, 0.3) is 0 Å². The predicted octanol–water partition coefficient (Wildman–Crippen LogP) is 2.94. The highest BCUT2D eigenvalue weighted by Gasteiger charge is 2.26. The molecule has 1 aromatic rings. The Hall–Kier alpha value is -2.25. The summed E-state index contributed by atoms with van der Waals surface area (Å²) in [4.78, 5) is 9.08. The molecule has 1 aliphatic rings. The van der Waals surface area contributed by atoms with Crippen molar-refractivity contribution in [3.63, 3.8) is 0 Å². The molecule has 0 spiro atoms. The van der Waals surface area contributed by atoms with Crippen LogP contribution in [0.4, 0.5) is 5.69 Å². The normalized spacial score (nSPS) is 19.2. The van der Waals surface area contributed by atoms with Crippen LogP contribution >= 0.6 is 11.6 Å². The molecule has 7 nitrogen and oxygen atoms in total. The van der Waals surface area contributed by atoms with Crippen molar-refractivity contribution in [2.45, 2.75) is 39.7 Å². The number of benzene rings is 1. The van der Waals surface area contributed by atoms with Gasteiger partial charge in [0.05, 0.1) is 5.69 Å². The summed E-state index contributed by atoms with van der Waals surface area (Å²) >= 11 is 6.18. The highest BCUT2D eigenvalue weighted by atomic mass is 35.5. The molecule has 0 saturated carbocycles. The second-order valence-electron chi connectivity index (χ2n) is 7.29. The number of nitrogens with zero attached hydrogens (tertiary/aromatic N) is 4. The van der Waals surface area contributed by atoms with E-state index in [1.165, 1.54) is 0 Å². The number of nitrogens with two attached hydrogens (primary N) is 2. The number of hydrogen-bond acceptors (Lipinski definition) is 6. The second kappa shape index (κ2) is 10.3. The second-order valence-corrected chi connectivity index (χ2v) is 7.69. The first-order valence-corrected chi connectivity index (χ1v) is 10.0. The summed E-state index contributed by atoms with van der Waals surface area (Å²) in [6.45, 7) is 8.64. The Balaban J connectivity index is 2.17. The van der Waals surface area contributed by atoms with Crippen LogP contribution in [-0.4, -0.2) is 54.1 Å². The minimum Gasteiger partial charge on any atom is -0.386 e. The number of hydrogen-bond donors (Lipinski definition) is 3. The third-order valence-corrected chi connectivity index (χ3v) is 4.90. The van der Waals surface area contributed by atoms with Gasteiger partial charge in [-0.15, -0.1) is 0 Å². The van der Waals surface area contributed by atoms with Crippen LogP contribution in [0.3, 0.4) is 0 Å². The molecule has 0 aromatic heterocycles. The number of piperazine rings is 1. The summed E-state index contributed by atoms with van der Waals surface area (Å²) in [5, 5.41) is 4.34. The lowest BCUT2D eigenvalue weighted by atomic mass is 10.1. The van der Waals surface area contributed by atoms with Gasteiger partial charge in [-0.3, -0.25) is 10.3 Å². The molecule has 1 fully saturated rings. The minimum atomic E-state index is 0.161. The van der Waals surface area contributed by atoms with Crippen molar-refractivity contribution in [1.29, 1.82) is 0 Å². The van der Waals surface area contributed by atoms with Gasteiger partial charge in [-0.25, -0.2) is 4.99 Å². The maximum absolute atomic E-state index is 6.25. The van der Waals surface area contributed by atoms with E-state index in [4.69, 9.17) is 23.1 Å². The molecular weight excluding hydrogens is 374 g/mol. The number of aliphatic imine (C=N–C) groups is 1. The van der Waals surface area contributed by atoms with Gasteiger partial charge in [-0.2, -0.15) is 5.10 Å². The molecule has 0 amide bonds. The van der Waals surface area contributed by atoms with Gasteiger partial charge in [0.1, 0.15) is 11.0 Å². The smallest absolute Gasteiger partial charge is 0.166 e. The molecule has 154 valence electrons. The van der Waals surface area contributed by atoms with Gasteiger partial charge in [-0.05, 0) is 51.6 Å². The Morgan fingerprint density at radius 3 is 2.46 bits per heavy atom. The summed E-state index contributed by atoms with van der Waals surface area (Å²) in [7, 11) is 2.16. The highest BCUT2D eigenvalue weighted by Crippen LogP contribution is 2.20. The van der Waals surface area contributed by atoms with E-state index in [1.807, 2.05) is 38.1 Å². The number of hydrazone groups is 1. The van der Waals surface area contributed by atoms with Gasteiger partial charge >= 0.3 is 0 Å². The summed E-state index contributed by atoms with van der Waals surface area (Å²) in [5.41, 5.74) is 17.8. The molecule has 5 N–H and O–H groups in total. The fraction of sp³-hybridized carbons (Fsp3) is 0.500. The molecule has 0 radical (unpaired) electrons. The lowest BCUT2D eigenvalue weighted by Gasteiger charge is -2.40. The SMILES string of the molecule is CCCC1CN(C(/N=C(\N)c2ccc(NN=C(C)C)cc2)=C(/N)Cl)CCN1C. The molecule has 28 heavy (non-hydrogen) atoms. The predicted molar refractivity (Wildman–Crippen MR) is 120 cm³/mol. The molecule has 1 unspecified atom stereocenters. The van der Waals surface area contributed by atoms with Crippen LogP contribution in [0, 0.1) is 0 Å². The number of likely N-dealkylation sites (N-methyl/N-ethyl adjacent to an activating group) is 1. The van der Waals surface area contributed by atoms with Crippen molar-refractivity contribution in [2.75, 3.05) is 32.1 Å². The molecule has 1 aliphatic heterocycles. The summed E-state index contributed by atoms with van der Waals surface area (Å²) < 4.78 is 0. The number of anilines is 1. The Labute approximate surface area is 173 Å². The van der Waals surface area contributed by atoms with Gasteiger partial charge in [0.2, 0.25) is 0 Å². The summed E-state index contributed by atoms with van der Waals surface area (Å²) in [6, 6.07) is 8.06. The van der Waals surface area contributed by atoms with E-state index >= 15 is 0 Å².